The summed E-state index contributed by atoms with van der Waals surface area (Å²) >= 11 is 0. The highest BCUT2D eigenvalue weighted by molar-refractivity contribution is 5.89. The molecule has 1 amide bonds. The van der Waals surface area contributed by atoms with E-state index < -0.39 is 6.09 Å². The zero-order valence-electron chi connectivity index (χ0n) is 19.5. The van der Waals surface area contributed by atoms with Crippen LogP contribution in [0.15, 0.2) is 30.5 Å². The van der Waals surface area contributed by atoms with Gasteiger partial charge in [-0.2, -0.15) is 5.10 Å². The van der Waals surface area contributed by atoms with Gasteiger partial charge in [-0.3, -0.25) is 4.90 Å². The summed E-state index contributed by atoms with van der Waals surface area (Å²) in [6, 6.07) is 7.33. The molecule has 10 heteroatoms. The van der Waals surface area contributed by atoms with Crippen molar-refractivity contribution in [1.29, 1.82) is 0 Å². The van der Waals surface area contributed by atoms with Gasteiger partial charge in [-0.05, 0) is 57.4 Å². The number of carbonyl (C=O) groups is 1. The van der Waals surface area contributed by atoms with Gasteiger partial charge >= 0.3 is 6.09 Å². The van der Waals surface area contributed by atoms with Crippen LogP contribution in [0.1, 0.15) is 39.2 Å². The predicted molar refractivity (Wildman–Crippen MR) is 128 cm³/mol. The van der Waals surface area contributed by atoms with Crippen molar-refractivity contribution in [3.05, 3.63) is 30.5 Å². The van der Waals surface area contributed by atoms with Crippen LogP contribution >= 0.6 is 0 Å². The summed E-state index contributed by atoms with van der Waals surface area (Å²) in [5.41, 5.74) is 2.13. The minimum Gasteiger partial charge on any atom is -0.465 e. The number of morpholine rings is 1. The molecule has 34 heavy (non-hydrogen) atoms. The lowest BCUT2D eigenvalue weighted by atomic mass is 10.1. The molecule has 0 spiro atoms. The van der Waals surface area contributed by atoms with Gasteiger partial charge in [-0.1, -0.05) is 0 Å². The van der Waals surface area contributed by atoms with Crippen molar-refractivity contribution < 1.29 is 19.7 Å². The molecule has 2 bridgehead atoms. The molecule has 3 aromatic rings. The number of aliphatic hydroxyl groups excluding tert-OH is 1. The first-order valence-electron chi connectivity index (χ1n) is 11.8. The largest absolute Gasteiger partial charge is 0.465 e. The molecule has 2 N–H and O–H groups in total. The Morgan fingerprint density at radius 2 is 1.88 bits per heavy atom. The van der Waals surface area contributed by atoms with E-state index in [0.717, 1.165) is 48.3 Å². The number of fused-ring (bicyclic) bond motifs is 3. The molecule has 2 atom stereocenters. The van der Waals surface area contributed by atoms with Crippen LogP contribution in [0.3, 0.4) is 0 Å². The Bertz CT molecular complexity index is 1170. The smallest absolute Gasteiger partial charge is 0.411 e. The topological polar surface area (TPSA) is 117 Å². The molecule has 2 aliphatic heterocycles. The van der Waals surface area contributed by atoms with E-state index in [-0.39, 0.29) is 31.4 Å². The summed E-state index contributed by atoms with van der Waals surface area (Å²) < 4.78 is 7.94. The SMILES string of the molecule is CC(C)n1ncc2c(N3CC4CCC(C3)O4)nc(-c3ccc(N(CCCO)C(=O)O)cc3)nc21. The van der Waals surface area contributed by atoms with Crippen molar-refractivity contribution in [3.63, 3.8) is 0 Å². The van der Waals surface area contributed by atoms with Crippen molar-refractivity contribution >= 4 is 28.6 Å². The first-order chi connectivity index (χ1) is 16.4. The lowest BCUT2D eigenvalue weighted by molar-refractivity contribution is 0.0303. The van der Waals surface area contributed by atoms with Crippen molar-refractivity contribution in [3.8, 4) is 11.4 Å². The molecule has 2 aliphatic rings. The molecule has 2 unspecified atom stereocenters. The van der Waals surface area contributed by atoms with Crippen molar-refractivity contribution in [1.82, 2.24) is 19.7 Å². The highest BCUT2D eigenvalue weighted by Gasteiger charge is 2.35. The first-order valence-corrected chi connectivity index (χ1v) is 11.8. The number of hydrogen-bond donors (Lipinski definition) is 2. The summed E-state index contributed by atoms with van der Waals surface area (Å²) in [7, 11) is 0. The molecule has 2 saturated heterocycles. The minimum atomic E-state index is -1.05. The van der Waals surface area contributed by atoms with E-state index >= 15 is 0 Å². The number of aliphatic hydroxyl groups is 1. The second-order valence-corrected chi connectivity index (χ2v) is 9.21. The van der Waals surface area contributed by atoms with Gasteiger partial charge in [0, 0.05) is 43.5 Å². The van der Waals surface area contributed by atoms with Gasteiger partial charge in [0.25, 0.3) is 0 Å². The summed E-state index contributed by atoms with van der Waals surface area (Å²) in [6.07, 6.45) is 3.78. The fourth-order valence-electron chi connectivity index (χ4n) is 4.80. The average Bonchev–Trinajstić information content (AvgIpc) is 3.41. The Hall–Kier alpha value is -3.24. The number of nitrogens with zero attached hydrogens (tertiary/aromatic N) is 6. The molecule has 2 fully saturated rings. The van der Waals surface area contributed by atoms with Gasteiger partial charge in [0.1, 0.15) is 5.82 Å². The molecule has 0 aliphatic carbocycles. The fraction of sp³-hybridized carbons (Fsp3) is 0.500. The molecule has 1 aromatic carbocycles. The summed E-state index contributed by atoms with van der Waals surface area (Å²) in [5, 5.41) is 24.1. The zero-order valence-corrected chi connectivity index (χ0v) is 19.5. The van der Waals surface area contributed by atoms with Crippen LogP contribution in [-0.2, 0) is 4.74 Å². The van der Waals surface area contributed by atoms with E-state index in [1.54, 1.807) is 12.1 Å². The number of anilines is 2. The molecular weight excluding hydrogens is 436 g/mol. The zero-order chi connectivity index (χ0) is 23.8. The third-order valence-corrected chi connectivity index (χ3v) is 6.47. The summed E-state index contributed by atoms with van der Waals surface area (Å²) in [5.74, 6) is 1.44. The molecule has 4 heterocycles. The lowest BCUT2D eigenvalue weighted by Gasteiger charge is -2.33. The highest BCUT2D eigenvalue weighted by atomic mass is 16.5. The fourth-order valence-corrected chi connectivity index (χ4v) is 4.80. The minimum absolute atomic E-state index is 0.0642. The Morgan fingerprint density at radius 3 is 2.50 bits per heavy atom. The number of aromatic nitrogens is 4. The lowest BCUT2D eigenvalue weighted by Crippen LogP contribution is -2.43. The van der Waals surface area contributed by atoms with Crippen LogP contribution in [0.2, 0.25) is 0 Å². The summed E-state index contributed by atoms with van der Waals surface area (Å²) in [6.45, 7) is 5.91. The van der Waals surface area contributed by atoms with Gasteiger partial charge in [0.2, 0.25) is 0 Å². The van der Waals surface area contributed by atoms with Crippen LogP contribution in [0.25, 0.3) is 22.4 Å². The molecule has 5 rings (SSSR count). The quantitative estimate of drug-likeness (QED) is 0.545. The van der Waals surface area contributed by atoms with Crippen LogP contribution < -0.4 is 9.80 Å². The molecule has 0 saturated carbocycles. The normalized spacial score (nSPS) is 19.8. The van der Waals surface area contributed by atoms with Gasteiger partial charge in [0.05, 0.1) is 23.8 Å². The van der Waals surface area contributed by atoms with E-state index in [1.807, 2.05) is 23.0 Å². The maximum atomic E-state index is 11.7. The molecule has 2 aromatic heterocycles. The maximum absolute atomic E-state index is 11.7. The molecular formula is C24H30N6O4. The van der Waals surface area contributed by atoms with E-state index in [1.165, 1.54) is 4.90 Å². The van der Waals surface area contributed by atoms with Crippen LogP contribution in [-0.4, -0.2) is 74.5 Å². The Kier molecular flexibility index (Phi) is 6.09. The standard InChI is InChI=1S/C24H30N6O4/c1-15(2)30-23-20(12-25-30)22(28-13-18-8-9-19(14-28)34-18)26-21(27-23)16-4-6-17(7-5-16)29(24(32)33)10-3-11-31/h4-7,12,15,18-19,31H,3,8-11,13-14H2,1-2H3,(H,32,33). The number of amides is 1. The van der Waals surface area contributed by atoms with Gasteiger partial charge < -0.3 is 19.8 Å². The van der Waals surface area contributed by atoms with Crippen molar-refractivity contribution in [2.75, 3.05) is 36.0 Å². The number of hydrogen-bond acceptors (Lipinski definition) is 7. The van der Waals surface area contributed by atoms with E-state index in [4.69, 9.17) is 19.8 Å². The van der Waals surface area contributed by atoms with Gasteiger partial charge in [-0.25, -0.2) is 19.4 Å². The first kappa shape index (κ1) is 22.5. The third-order valence-electron chi connectivity index (χ3n) is 6.47. The number of carboxylic acid groups (broad SMARTS) is 1. The third kappa shape index (κ3) is 4.19. The average molecular weight is 467 g/mol. The molecule has 0 radical (unpaired) electrons. The highest BCUT2D eigenvalue weighted by Crippen LogP contribution is 2.34. The van der Waals surface area contributed by atoms with Crippen LogP contribution in [0, 0.1) is 0 Å². The molecule has 10 nitrogen and oxygen atoms in total. The van der Waals surface area contributed by atoms with Gasteiger partial charge in [-0.15, -0.1) is 0 Å². The van der Waals surface area contributed by atoms with E-state index in [9.17, 15) is 9.90 Å². The monoisotopic (exact) mass is 466 g/mol. The predicted octanol–water partition coefficient (Wildman–Crippen LogP) is 3.31. The van der Waals surface area contributed by atoms with E-state index in [0.29, 0.717) is 17.9 Å². The number of rotatable bonds is 7. The second kappa shape index (κ2) is 9.19. The molecule has 180 valence electrons. The number of benzene rings is 1. The van der Waals surface area contributed by atoms with Crippen molar-refractivity contribution in [2.45, 2.75) is 51.4 Å². The van der Waals surface area contributed by atoms with Crippen LogP contribution in [0.5, 0.6) is 0 Å². The van der Waals surface area contributed by atoms with Crippen molar-refractivity contribution in [2.24, 2.45) is 0 Å². The second-order valence-electron chi connectivity index (χ2n) is 9.21. The van der Waals surface area contributed by atoms with E-state index in [2.05, 4.69) is 23.8 Å². The Morgan fingerprint density at radius 1 is 1.18 bits per heavy atom. The van der Waals surface area contributed by atoms with Gasteiger partial charge in [0.15, 0.2) is 11.5 Å². The summed E-state index contributed by atoms with van der Waals surface area (Å²) in [4.78, 5) is 25.0. The Labute approximate surface area is 197 Å². The number of ether oxygens (including phenoxy) is 1. The Balaban J connectivity index is 1.54. The van der Waals surface area contributed by atoms with Crippen LogP contribution in [0.4, 0.5) is 16.3 Å². The maximum Gasteiger partial charge on any atom is 0.411 e.